The van der Waals surface area contributed by atoms with E-state index in [1.54, 1.807) is 10.6 Å². The van der Waals surface area contributed by atoms with Crippen molar-refractivity contribution in [2.75, 3.05) is 7.11 Å². The molecule has 8 heteroatoms. The van der Waals surface area contributed by atoms with Crippen LogP contribution in [-0.2, 0) is 33.8 Å². The Hall–Kier alpha value is -3.81. The van der Waals surface area contributed by atoms with E-state index >= 15 is 0 Å². The fraction of sp³-hybridized carbons (Fsp3) is 0.261. The van der Waals surface area contributed by atoms with Gasteiger partial charge in [0.1, 0.15) is 12.6 Å². The van der Waals surface area contributed by atoms with Crippen molar-refractivity contribution >= 4 is 33.8 Å². The van der Waals surface area contributed by atoms with E-state index in [2.05, 4.69) is 10.3 Å². The number of carbonyl (C=O) groups is 2. The lowest BCUT2D eigenvalue weighted by Crippen LogP contribution is -2.45. The minimum absolute atomic E-state index is 0.187. The molecule has 0 spiro atoms. The van der Waals surface area contributed by atoms with E-state index < -0.39 is 17.9 Å². The Kier molecular flexibility index (Phi) is 5.62. The lowest BCUT2D eigenvalue weighted by atomic mass is 10.0. The Morgan fingerprint density at radius 3 is 2.45 bits per heavy atom. The number of benzene rings is 2. The molecule has 31 heavy (non-hydrogen) atoms. The van der Waals surface area contributed by atoms with Crippen LogP contribution in [0.25, 0.3) is 21.9 Å². The van der Waals surface area contributed by atoms with Crippen molar-refractivity contribution in [3.05, 3.63) is 70.8 Å². The van der Waals surface area contributed by atoms with Crippen molar-refractivity contribution in [1.29, 1.82) is 0 Å². The molecule has 0 radical (unpaired) electrons. The molecule has 0 bridgehead atoms. The van der Waals surface area contributed by atoms with Crippen LogP contribution in [-0.4, -0.2) is 39.1 Å². The normalized spacial score (nSPS) is 12.2. The summed E-state index contributed by atoms with van der Waals surface area (Å²) < 4.78 is 7.95. The fourth-order valence-corrected chi connectivity index (χ4v) is 3.97. The summed E-state index contributed by atoms with van der Waals surface area (Å²) in [5.74, 6) is -0.974. The van der Waals surface area contributed by atoms with E-state index in [0.29, 0.717) is 12.1 Å². The second-order valence-electron chi connectivity index (χ2n) is 7.31. The molecule has 2 N–H and O–H groups in total. The molecule has 0 saturated heterocycles. The number of nitrogens with one attached hydrogen (secondary N) is 2. The van der Waals surface area contributed by atoms with Crippen molar-refractivity contribution < 1.29 is 14.3 Å². The first-order valence-electron chi connectivity index (χ1n) is 10.1. The lowest BCUT2D eigenvalue weighted by molar-refractivity contribution is -0.145. The predicted molar refractivity (Wildman–Crippen MR) is 118 cm³/mol. The number of rotatable bonds is 7. The van der Waals surface area contributed by atoms with Crippen LogP contribution in [0.3, 0.4) is 0 Å². The third kappa shape index (κ3) is 3.84. The summed E-state index contributed by atoms with van der Waals surface area (Å²) in [6, 6.07) is 14.2. The molecule has 4 aromatic rings. The first kappa shape index (κ1) is 20.5. The second-order valence-corrected chi connectivity index (χ2v) is 7.31. The molecule has 2 aromatic heterocycles. The largest absolute Gasteiger partial charge is 0.467 e. The molecule has 1 unspecified atom stereocenters. The highest BCUT2D eigenvalue weighted by Gasteiger charge is 2.24. The molecule has 2 heterocycles. The standard InChI is InChI=1S/C23H24N4O4/c1-3-26-19-10-6-7-11-20(19)27(23(26)30)14-21(28)25-18(22(29)31-2)12-15-13-24-17-9-5-4-8-16(15)17/h4-11,13,18,24H,3,12,14H2,1-2H3,(H,25,28). The number of aromatic nitrogens is 3. The van der Waals surface area contributed by atoms with Gasteiger partial charge in [0.05, 0.1) is 18.1 Å². The van der Waals surface area contributed by atoms with Gasteiger partial charge in [0, 0.05) is 30.1 Å². The number of hydrogen-bond acceptors (Lipinski definition) is 4. The molecule has 0 aliphatic carbocycles. The van der Waals surface area contributed by atoms with Gasteiger partial charge in [0.2, 0.25) is 5.91 Å². The number of aryl methyl sites for hydroxylation is 1. The van der Waals surface area contributed by atoms with Gasteiger partial charge in [0.15, 0.2) is 0 Å². The summed E-state index contributed by atoms with van der Waals surface area (Å²) in [6.45, 7) is 2.19. The van der Waals surface area contributed by atoms with Gasteiger partial charge in [-0.2, -0.15) is 0 Å². The van der Waals surface area contributed by atoms with Gasteiger partial charge in [-0.05, 0) is 30.7 Å². The molecule has 1 amide bonds. The first-order valence-corrected chi connectivity index (χ1v) is 10.1. The van der Waals surface area contributed by atoms with Crippen molar-refractivity contribution in [2.24, 2.45) is 0 Å². The van der Waals surface area contributed by atoms with Gasteiger partial charge in [0.25, 0.3) is 0 Å². The smallest absolute Gasteiger partial charge is 0.329 e. The SMILES string of the molecule is CCn1c(=O)n(CC(=O)NC(Cc2c[nH]c3ccccc23)C(=O)OC)c2ccccc21. The van der Waals surface area contributed by atoms with E-state index in [1.807, 2.05) is 55.6 Å². The number of imidazole rings is 1. The van der Waals surface area contributed by atoms with E-state index in [9.17, 15) is 14.4 Å². The number of fused-ring (bicyclic) bond motifs is 2. The van der Waals surface area contributed by atoms with Crippen LogP contribution in [0.4, 0.5) is 0 Å². The summed E-state index contributed by atoms with van der Waals surface area (Å²) in [7, 11) is 1.29. The summed E-state index contributed by atoms with van der Waals surface area (Å²) >= 11 is 0. The van der Waals surface area contributed by atoms with Crippen molar-refractivity contribution in [3.63, 3.8) is 0 Å². The molecular formula is C23H24N4O4. The highest BCUT2D eigenvalue weighted by molar-refractivity contribution is 5.88. The number of esters is 1. The Morgan fingerprint density at radius 2 is 1.74 bits per heavy atom. The average Bonchev–Trinajstić information content (AvgIpc) is 3.31. The Morgan fingerprint density at radius 1 is 1.06 bits per heavy atom. The molecule has 8 nitrogen and oxygen atoms in total. The molecule has 1 atom stereocenters. The fourth-order valence-electron chi connectivity index (χ4n) is 3.97. The van der Waals surface area contributed by atoms with Gasteiger partial charge < -0.3 is 15.0 Å². The molecule has 0 aliphatic heterocycles. The van der Waals surface area contributed by atoms with Crippen LogP contribution in [0.1, 0.15) is 12.5 Å². The monoisotopic (exact) mass is 420 g/mol. The number of hydrogen-bond donors (Lipinski definition) is 2. The van der Waals surface area contributed by atoms with Gasteiger partial charge >= 0.3 is 11.7 Å². The van der Waals surface area contributed by atoms with Crippen LogP contribution in [0.2, 0.25) is 0 Å². The molecular weight excluding hydrogens is 396 g/mol. The number of H-pyrrole nitrogens is 1. The van der Waals surface area contributed by atoms with Crippen molar-refractivity contribution in [1.82, 2.24) is 19.4 Å². The van der Waals surface area contributed by atoms with Crippen LogP contribution < -0.4 is 11.0 Å². The highest BCUT2D eigenvalue weighted by Crippen LogP contribution is 2.19. The van der Waals surface area contributed by atoms with Crippen molar-refractivity contribution in [2.45, 2.75) is 32.5 Å². The molecule has 2 aromatic carbocycles. The molecule has 160 valence electrons. The van der Waals surface area contributed by atoms with E-state index in [4.69, 9.17) is 4.74 Å². The maximum Gasteiger partial charge on any atom is 0.329 e. The minimum Gasteiger partial charge on any atom is -0.467 e. The zero-order chi connectivity index (χ0) is 22.0. The summed E-state index contributed by atoms with van der Waals surface area (Å²) in [6.07, 6.45) is 2.10. The quantitative estimate of drug-likeness (QED) is 0.448. The van der Waals surface area contributed by atoms with Crippen LogP contribution in [0.15, 0.2) is 59.5 Å². The molecule has 0 saturated carbocycles. The van der Waals surface area contributed by atoms with Crippen LogP contribution in [0, 0.1) is 0 Å². The molecule has 0 aliphatic rings. The van der Waals surface area contributed by atoms with Gasteiger partial charge in [-0.25, -0.2) is 9.59 Å². The number of amides is 1. The Labute approximate surface area is 178 Å². The number of para-hydroxylation sites is 3. The topological polar surface area (TPSA) is 98.1 Å². The second kappa shape index (κ2) is 8.51. The minimum atomic E-state index is -0.869. The zero-order valence-electron chi connectivity index (χ0n) is 17.4. The maximum absolute atomic E-state index is 12.8. The van der Waals surface area contributed by atoms with Crippen LogP contribution in [0.5, 0.6) is 0 Å². The number of methoxy groups -OCH3 is 1. The third-order valence-corrected chi connectivity index (χ3v) is 5.46. The van der Waals surface area contributed by atoms with Crippen LogP contribution >= 0.6 is 0 Å². The number of nitrogens with zero attached hydrogens (tertiary/aromatic N) is 2. The number of aromatic amines is 1. The van der Waals surface area contributed by atoms with E-state index in [0.717, 1.165) is 22.0 Å². The first-order chi connectivity index (χ1) is 15.0. The maximum atomic E-state index is 12.8. The van der Waals surface area contributed by atoms with Crippen molar-refractivity contribution in [3.8, 4) is 0 Å². The zero-order valence-corrected chi connectivity index (χ0v) is 17.4. The number of ether oxygens (including phenoxy) is 1. The van der Waals surface area contributed by atoms with Gasteiger partial charge in [-0.1, -0.05) is 30.3 Å². The third-order valence-electron chi connectivity index (χ3n) is 5.46. The summed E-state index contributed by atoms with van der Waals surface area (Å²) in [5.41, 5.74) is 3.03. The lowest BCUT2D eigenvalue weighted by Gasteiger charge is -2.16. The predicted octanol–water partition coefficient (Wildman–Crippen LogP) is 2.20. The Balaban J connectivity index is 1.58. The Bertz CT molecular complexity index is 1310. The summed E-state index contributed by atoms with van der Waals surface area (Å²) in [4.78, 5) is 41.2. The molecule has 0 fully saturated rings. The van der Waals surface area contributed by atoms with E-state index in [1.165, 1.54) is 11.7 Å². The van der Waals surface area contributed by atoms with E-state index in [-0.39, 0.29) is 18.7 Å². The van der Waals surface area contributed by atoms with Gasteiger partial charge in [-0.15, -0.1) is 0 Å². The average molecular weight is 420 g/mol. The summed E-state index contributed by atoms with van der Waals surface area (Å²) in [5, 5.41) is 3.72. The highest BCUT2D eigenvalue weighted by atomic mass is 16.5. The van der Waals surface area contributed by atoms with Gasteiger partial charge in [-0.3, -0.25) is 13.9 Å². The molecule has 4 rings (SSSR count). The number of carbonyl (C=O) groups excluding carboxylic acids is 2.